The Morgan fingerprint density at radius 1 is 1.40 bits per heavy atom. The maximum absolute atomic E-state index is 12.8. The van der Waals surface area contributed by atoms with Gasteiger partial charge in [-0.1, -0.05) is 6.07 Å². The summed E-state index contributed by atoms with van der Waals surface area (Å²) in [5, 5.41) is 5.68. The van der Waals surface area contributed by atoms with E-state index < -0.39 is 11.7 Å². The standard InChI is InChI=1S/C14H17F3N2O/c1-9-4-5-11(7-12(9)14(15,16)17)19-13(20)10-3-2-6-18-8-10/h4-5,7,10,18H,2-3,6,8H2,1H3,(H,19,20)/t10-/m0/s1. The minimum atomic E-state index is -4.41. The maximum atomic E-state index is 12.8. The molecule has 20 heavy (non-hydrogen) atoms. The van der Waals surface area contributed by atoms with E-state index in [9.17, 15) is 18.0 Å². The molecule has 1 aromatic rings. The second kappa shape index (κ2) is 5.83. The monoisotopic (exact) mass is 286 g/mol. The van der Waals surface area contributed by atoms with Gasteiger partial charge in [0.05, 0.1) is 11.5 Å². The molecule has 0 radical (unpaired) electrons. The van der Waals surface area contributed by atoms with Crippen molar-refractivity contribution in [3.8, 4) is 0 Å². The number of hydrogen-bond donors (Lipinski definition) is 2. The smallest absolute Gasteiger partial charge is 0.326 e. The summed E-state index contributed by atoms with van der Waals surface area (Å²) >= 11 is 0. The lowest BCUT2D eigenvalue weighted by Crippen LogP contribution is -2.37. The fourth-order valence-corrected chi connectivity index (χ4v) is 2.33. The van der Waals surface area contributed by atoms with Gasteiger partial charge in [0.2, 0.25) is 5.91 Å². The van der Waals surface area contributed by atoms with Crippen molar-refractivity contribution in [2.45, 2.75) is 25.9 Å². The van der Waals surface area contributed by atoms with Crippen molar-refractivity contribution in [1.82, 2.24) is 5.32 Å². The lowest BCUT2D eigenvalue weighted by atomic mass is 9.98. The molecule has 1 fully saturated rings. The quantitative estimate of drug-likeness (QED) is 0.877. The molecule has 2 rings (SSSR count). The van der Waals surface area contributed by atoms with Gasteiger partial charge in [0.25, 0.3) is 0 Å². The number of amides is 1. The zero-order valence-corrected chi connectivity index (χ0v) is 11.2. The predicted octanol–water partition coefficient (Wildman–Crippen LogP) is 2.95. The lowest BCUT2D eigenvalue weighted by Gasteiger charge is -2.22. The number of carbonyl (C=O) groups is 1. The zero-order chi connectivity index (χ0) is 14.8. The van der Waals surface area contributed by atoms with Gasteiger partial charge in [-0.2, -0.15) is 13.2 Å². The molecule has 1 aromatic carbocycles. The second-order valence-corrected chi connectivity index (χ2v) is 5.06. The number of hydrogen-bond acceptors (Lipinski definition) is 2. The van der Waals surface area contributed by atoms with E-state index >= 15 is 0 Å². The molecule has 110 valence electrons. The van der Waals surface area contributed by atoms with Crippen LogP contribution < -0.4 is 10.6 Å². The van der Waals surface area contributed by atoms with Gasteiger partial charge in [0, 0.05) is 12.2 Å². The predicted molar refractivity (Wildman–Crippen MR) is 70.4 cm³/mol. The number of alkyl halides is 3. The Balaban J connectivity index is 2.11. The third kappa shape index (κ3) is 3.50. The first-order chi connectivity index (χ1) is 9.38. The van der Waals surface area contributed by atoms with Crippen molar-refractivity contribution in [2.75, 3.05) is 18.4 Å². The third-order valence-electron chi connectivity index (χ3n) is 3.48. The molecule has 0 bridgehead atoms. The Morgan fingerprint density at radius 2 is 2.15 bits per heavy atom. The normalized spacial score (nSPS) is 19.7. The molecule has 6 heteroatoms. The fraction of sp³-hybridized carbons (Fsp3) is 0.500. The van der Waals surface area contributed by atoms with Gasteiger partial charge in [-0.3, -0.25) is 4.79 Å². The molecule has 1 heterocycles. The average molecular weight is 286 g/mol. The van der Waals surface area contributed by atoms with Crippen molar-refractivity contribution in [2.24, 2.45) is 5.92 Å². The summed E-state index contributed by atoms with van der Waals surface area (Å²) in [4.78, 5) is 12.0. The molecule has 1 atom stereocenters. The van der Waals surface area contributed by atoms with Crippen molar-refractivity contribution < 1.29 is 18.0 Å². The number of halogens is 3. The largest absolute Gasteiger partial charge is 0.416 e. The first kappa shape index (κ1) is 14.8. The first-order valence-corrected chi connectivity index (χ1v) is 6.57. The number of aryl methyl sites for hydroxylation is 1. The van der Waals surface area contributed by atoms with E-state index in [0.717, 1.165) is 25.5 Å². The molecule has 1 saturated heterocycles. The van der Waals surface area contributed by atoms with Gasteiger partial charge in [-0.15, -0.1) is 0 Å². The van der Waals surface area contributed by atoms with E-state index in [1.54, 1.807) is 0 Å². The molecule has 1 amide bonds. The number of anilines is 1. The molecular weight excluding hydrogens is 269 g/mol. The fourth-order valence-electron chi connectivity index (χ4n) is 2.33. The van der Waals surface area contributed by atoms with Gasteiger partial charge in [-0.25, -0.2) is 0 Å². The van der Waals surface area contributed by atoms with Crippen molar-refractivity contribution in [1.29, 1.82) is 0 Å². The van der Waals surface area contributed by atoms with Crippen LogP contribution in [0.3, 0.4) is 0 Å². The van der Waals surface area contributed by atoms with Crippen LogP contribution in [0, 0.1) is 12.8 Å². The van der Waals surface area contributed by atoms with Crippen LogP contribution in [-0.4, -0.2) is 19.0 Å². The number of rotatable bonds is 2. The molecule has 0 aliphatic carbocycles. The third-order valence-corrected chi connectivity index (χ3v) is 3.48. The van der Waals surface area contributed by atoms with Crippen LogP contribution in [-0.2, 0) is 11.0 Å². The highest BCUT2D eigenvalue weighted by molar-refractivity contribution is 5.92. The molecule has 0 aromatic heterocycles. The topological polar surface area (TPSA) is 41.1 Å². The van der Waals surface area contributed by atoms with E-state index in [1.807, 2.05) is 0 Å². The summed E-state index contributed by atoms with van der Waals surface area (Å²) in [7, 11) is 0. The minimum Gasteiger partial charge on any atom is -0.326 e. The van der Waals surface area contributed by atoms with Crippen molar-refractivity contribution >= 4 is 11.6 Å². The molecule has 2 N–H and O–H groups in total. The van der Waals surface area contributed by atoms with Gasteiger partial charge >= 0.3 is 6.18 Å². The molecule has 0 unspecified atom stereocenters. The highest BCUT2D eigenvalue weighted by Crippen LogP contribution is 2.33. The number of piperidine rings is 1. The molecular formula is C14H17F3N2O. The van der Waals surface area contributed by atoms with Gasteiger partial charge in [0.1, 0.15) is 0 Å². The van der Waals surface area contributed by atoms with Crippen LogP contribution in [0.25, 0.3) is 0 Å². The highest BCUT2D eigenvalue weighted by Gasteiger charge is 2.32. The van der Waals surface area contributed by atoms with E-state index in [-0.39, 0.29) is 23.1 Å². The van der Waals surface area contributed by atoms with Crippen LogP contribution >= 0.6 is 0 Å². The van der Waals surface area contributed by atoms with Gasteiger partial charge in [0.15, 0.2) is 0 Å². The summed E-state index contributed by atoms with van der Waals surface area (Å²) in [5.74, 6) is -0.409. The second-order valence-electron chi connectivity index (χ2n) is 5.06. The number of carbonyl (C=O) groups excluding carboxylic acids is 1. The van der Waals surface area contributed by atoms with E-state index in [0.29, 0.717) is 6.54 Å². The zero-order valence-electron chi connectivity index (χ0n) is 11.2. The summed E-state index contributed by atoms with van der Waals surface area (Å²) in [6, 6.07) is 3.86. The highest BCUT2D eigenvalue weighted by atomic mass is 19.4. The number of nitrogens with one attached hydrogen (secondary N) is 2. The van der Waals surface area contributed by atoms with Crippen LogP contribution in [0.5, 0.6) is 0 Å². The molecule has 1 aliphatic heterocycles. The Morgan fingerprint density at radius 3 is 2.75 bits per heavy atom. The van der Waals surface area contributed by atoms with Gasteiger partial charge in [-0.05, 0) is 44.0 Å². The van der Waals surface area contributed by atoms with Crippen LogP contribution in [0.1, 0.15) is 24.0 Å². The SMILES string of the molecule is Cc1ccc(NC(=O)[C@H]2CCCNC2)cc1C(F)(F)F. The molecule has 0 saturated carbocycles. The van der Waals surface area contributed by atoms with Crippen LogP contribution in [0.2, 0.25) is 0 Å². The molecule has 3 nitrogen and oxygen atoms in total. The van der Waals surface area contributed by atoms with Crippen molar-refractivity contribution in [3.05, 3.63) is 29.3 Å². The Bertz CT molecular complexity index is 494. The lowest BCUT2D eigenvalue weighted by molar-refractivity contribution is -0.138. The summed E-state index contributed by atoms with van der Waals surface area (Å²) in [5.41, 5.74) is -0.370. The average Bonchev–Trinajstić information content (AvgIpc) is 2.40. The minimum absolute atomic E-state index is 0.148. The van der Waals surface area contributed by atoms with E-state index in [2.05, 4.69) is 10.6 Å². The summed E-state index contributed by atoms with van der Waals surface area (Å²) in [6.45, 7) is 2.86. The van der Waals surface area contributed by atoms with Crippen molar-refractivity contribution in [3.63, 3.8) is 0 Å². The van der Waals surface area contributed by atoms with Crippen LogP contribution in [0.4, 0.5) is 18.9 Å². The Labute approximate surface area is 115 Å². The molecule has 0 spiro atoms. The maximum Gasteiger partial charge on any atom is 0.416 e. The summed E-state index contributed by atoms with van der Waals surface area (Å²) < 4.78 is 38.4. The first-order valence-electron chi connectivity index (χ1n) is 6.57. The summed E-state index contributed by atoms with van der Waals surface area (Å²) in [6.07, 6.45) is -2.74. The van der Waals surface area contributed by atoms with Gasteiger partial charge < -0.3 is 10.6 Å². The Hall–Kier alpha value is -1.56. The molecule has 1 aliphatic rings. The number of benzene rings is 1. The van der Waals surface area contributed by atoms with E-state index in [4.69, 9.17) is 0 Å². The van der Waals surface area contributed by atoms with E-state index in [1.165, 1.54) is 19.1 Å². The van der Waals surface area contributed by atoms with Crippen LogP contribution in [0.15, 0.2) is 18.2 Å². The Kier molecular flexibility index (Phi) is 4.32.